The van der Waals surface area contributed by atoms with Crippen LogP contribution in [0.15, 0.2) is 35.1 Å². The second-order valence-electron chi connectivity index (χ2n) is 19.6. The van der Waals surface area contributed by atoms with Gasteiger partial charge in [0.15, 0.2) is 12.6 Å². The molecule has 1 aromatic carbocycles. The molecule has 1 atom stereocenters. The molecule has 10 nitrogen and oxygen atoms in total. The van der Waals surface area contributed by atoms with Gasteiger partial charge in [0.25, 0.3) is 0 Å². The smallest absolute Gasteiger partial charge is 0.306 e. The summed E-state index contributed by atoms with van der Waals surface area (Å²) < 4.78 is 47.8. The summed E-state index contributed by atoms with van der Waals surface area (Å²) >= 11 is 0. The maximum atomic E-state index is 12.9. The molecule has 2 fully saturated rings. The molecule has 0 N–H and O–H groups in total. The Balaban J connectivity index is 1.18. The Labute approximate surface area is 330 Å². The number of ether oxygens (including phenoxy) is 8. The maximum Gasteiger partial charge on any atom is 0.306 e. The summed E-state index contributed by atoms with van der Waals surface area (Å²) in [6.07, 6.45) is 3.96. The normalized spacial score (nSPS) is 24.0. The molecule has 2 saturated heterocycles. The molecule has 1 aliphatic carbocycles. The van der Waals surface area contributed by atoms with Crippen LogP contribution in [0.25, 0.3) is 0 Å². The van der Waals surface area contributed by atoms with Crippen LogP contribution in [-0.4, -0.2) is 78.4 Å². The van der Waals surface area contributed by atoms with E-state index in [0.29, 0.717) is 39.3 Å². The molecule has 1 spiro atoms. The van der Waals surface area contributed by atoms with Crippen molar-refractivity contribution in [3.8, 4) is 5.75 Å². The fraction of sp³-hybridized carbons (Fsp3) is 0.733. The van der Waals surface area contributed by atoms with Crippen molar-refractivity contribution < 1.29 is 47.5 Å². The van der Waals surface area contributed by atoms with E-state index in [0.717, 1.165) is 41.0 Å². The van der Waals surface area contributed by atoms with Gasteiger partial charge in [0.2, 0.25) is 0 Å². The lowest BCUT2D eigenvalue weighted by atomic mass is 9.76. The monoisotopic (exact) mass is 770 g/mol. The van der Waals surface area contributed by atoms with Crippen molar-refractivity contribution in [2.75, 3.05) is 53.9 Å². The number of esters is 2. The predicted octanol–water partition coefficient (Wildman–Crippen LogP) is 8.80. The number of aryl methyl sites for hydroxylation is 2. The van der Waals surface area contributed by atoms with E-state index in [4.69, 9.17) is 37.9 Å². The molecule has 0 bridgehead atoms. The molecular formula is C45H70O10. The quantitative estimate of drug-likeness (QED) is 0.170. The number of benzene rings is 1. The van der Waals surface area contributed by atoms with Crippen molar-refractivity contribution in [2.45, 2.75) is 133 Å². The van der Waals surface area contributed by atoms with Crippen LogP contribution in [0.3, 0.4) is 0 Å². The Morgan fingerprint density at radius 2 is 1.24 bits per heavy atom. The summed E-state index contributed by atoms with van der Waals surface area (Å²) in [5.74, 6) is 1.65. The number of allylic oxidation sites excluding steroid dienone is 3. The molecule has 1 aromatic rings. The minimum Gasteiger partial charge on any atom is -0.497 e. The molecule has 55 heavy (non-hydrogen) atoms. The summed E-state index contributed by atoms with van der Waals surface area (Å²) in [7, 11) is 3.42. The van der Waals surface area contributed by atoms with Crippen molar-refractivity contribution in [3.63, 3.8) is 0 Å². The number of hydrogen-bond acceptors (Lipinski definition) is 10. The zero-order valence-corrected chi connectivity index (χ0v) is 36.3. The van der Waals surface area contributed by atoms with E-state index in [-0.39, 0.29) is 48.3 Å². The molecule has 1 unspecified atom stereocenters. The zero-order chi connectivity index (χ0) is 41.0. The van der Waals surface area contributed by atoms with Gasteiger partial charge in [-0.2, -0.15) is 0 Å². The van der Waals surface area contributed by atoms with E-state index >= 15 is 0 Å². The first-order valence-electron chi connectivity index (χ1n) is 19.9. The van der Waals surface area contributed by atoms with Crippen molar-refractivity contribution in [1.82, 2.24) is 0 Å². The average Bonchev–Trinajstić information content (AvgIpc) is 3.10. The van der Waals surface area contributed by atoms with E-state index in [1.54, 1.807) is 14.2 Å². The van der Waals surface area contributed by atoms with Crippen molar-refractivity contribution in [3.05, 3.63) is 51.8 Å². The summed E-state index contributed by atoms with van der Waals surface area (Å²) in [6.45, 7) is 27.0. The lowest BCUT2D eigenvalue weighted by molar-refractivity contribution is -0.337. The number of hydrogen-bond donors (Lipinski definition) is 0. The summed E-state index contributed by atoms with van der Waals surface area (Å²) in [5.41, 5.74) is 3.97. The molecule has 2 heterocycles. The Hall–Kier alpha value is -2.92. The number of rotatable bonds is 14. The second kappa shape index (κ2) is 17.7. The number of carbonyl (C=O) groups excluding carboxylic acids is 2. The highest BCUT2D eigenvalue weighted by atomic mass is 16.7. The first-order valence-corrected chi connectivity index (χ1v) is 19.9. The first kappa shape index (κ1) is 44.8. The van der Waals surface area contributed by atoms with E-state index in [2.05, 4.69) is 66.7 Å². The average molecular weight is 771 g/mol. The molecule has 0 aromatic heterocycles. The predicted molar refractivity (Wildman–Crippen MR) is 213 cm³/mol. The highest BCUT2D eigenvalue weighted by molar-refractivity contribution is 5.70. The van der Waals surface area contributed by atoms with Gasteiger partial charge in [0.1, 0.15) is 24.7 Å². The number of carbonyl (C=O) groups is 2. The fourth-order valence-electron chi connectivity index (χ4n) is 7.59. The third-order valence-corrected chi connectivity index (χ3v) is 10.9. The third-order valence-electron chi connectivity index (χ3n) is 10.9. The van der Waals surface area contributed by atoms with Gasteiger partial charge >= 0.3 is 11.9 Å². The summed E-state index contributed by atoms with van der Waals surface area (Å²) in [4.78, 5) is 25.7. The molecule has 4 rings (SSSR count). The standard InChI is InChI=1S/C45H70O10/c1-29-19-31(21-33(37(29)48-13)41(3,4)5)15-17-35(46)50-23-43(9,10)39-52-25-45(26-53-39)27-54-40(55-28-45)44(11,12)24-51-36(47)18-16-32-20-30(2)38(49-14)34(22-32)42(6,7)8/h19,21-22,32,39-40H,15-18,20,23-28H2,1-14H3. The van der Waals surface area contributed by atoms with Crippen LogP contribution in [0.2, 0.25) is 0 Å². The fourth-order valence-corrected chi connectivity index (χ4v) is 7.59. The SMILES string of the molecule is COC1=C(C)CC(CCC(=O)OCC(C)(C)C2OCC3(COC(C(C)(C)COC(=O)CCc4cc(C)c(OC)c(C(C)(C)C)c4)OC3)CO2)C=C1C(C)(C)C. The molecule has 0 saturated carbocycles. The van der Waals surface area contributed by atoms with Crippen LogP contribution in [0.4, 0.5) is 0 Å². The lowest BCUT2D eigenvalue weighted by Gasteiger charge is -2.48. The molecule has 10 heteroatoms. The topological polar surface area (TPSA) is 108 Å². The van der Waals surface area contributed by atoms with Crippen LogP contribution in [0, 0.1) is 34.5 Å². The van der Waals surface area contributed by atoms with Crippen LogP contribution in [-0.2, 0) is 54.6 Å². The van der Waals surface area contributed by atoms with Crippen molar-refractivity contribution in [1.29, 1.82) is 0 Å². The van der Waals surface area contributed by atoms with Gasteiger partial charge in [-0.25, -0.2) is 0 Å². The highest BCUT2D eigenvalue weighted by Crippen LogP contribution is 2.42. The van der Waals surface area contributed by atoms with Gasteiger partial charge in [0, 0.05) is 29.2 Å². The molecule has 2 aliphatic heterocycles. The van der Waals surface area contributed by atoms with E-state index in [1.807, 2.05) is 34.6 Å². The Bertz CT molecular complexity index is 1550. The zero-order valence-electron chi connectivity index (χ0n) is 36.3. The largest absolute Gasteiger partial charge is 0.497 e. The van der Waals surface area contributed by atoms with Gasteiger partial charge in [0.05, 0.1) is 46.1 Å². The molecule has 3 aliphatic rings. The van der Waals surface area contributed by atoms with Gasteiger partial charge in [-0.3, -0.25) is 9.59 Å². The van der Waals surface area contributed by atoms with E-state index in [9.17, 15) is 9.59 Å². The number of methoxy groups -OCH3 is 2. The lowest BCUT2D eigenvalue weighted by Crippen LogP contribution is -2.57. The third kappa shape index (κ3) is 11.6. The van der Waals surface area contributed by atoms with Crippen molar-refractivity contribution in [2.24, 2.45) is 27.6 Å². The van der Waals surface area contributed by atoms with Crippen LogP contribution >= 0.6 is 0 Å². The van der Waals surface area contributed by atoms with Gasteiger partial charge in [-0.15, -0.1) is 0 Å². The van der Waals surface area contributed by atoms with Gasteiger partial charge < -0.3 is 37.9 Å². The highest BCUT2D eigenvalue weighted by Gasteiger charge is 2.48. The molecular weight excluding hydrogens is 700 g/mol. The molecule has 310 valence electrons. The Morgan fingerprint density at radius 3 is 1.69 bits per heavy atom. The Kier molecular flexibility index (Phi) is 14.4. The van der Waals surface area contributed by atoms with Crippen LogP contribution in [0.1, 0.15) is 119 Å². The first-order chi connectivity index (χ1) is 25.5. The second-order valence-corrected chi connectivity index (χ2v) is 19.6. The van der Waals surface area contributed by atoms with E-state index < -0.39 is 28.8 Å². The van der Waals surface area contributed by atoms with Crippen LogP contribution < -0.4 is 4.74 Å². The summed E-state index contributed by atoms with van der Waals surface area (Å²) in [5, 5.41) is 0. The van der Waals surface area contributed by atoms with E-state index in [1.165, 1.54) is 11.1 Å². The Morgan fingerprint density at radius 1 is 0.727 bits per heavy atom. The maximum absolute atomic E-state index is 12.9. The van der Waals surface area contributed by atoms with Gasteiger partial charge in [-0.05, 0) is 72.1 Å². The molecule has 0 amide bonds. The summed E-state index contributed by atoms with van der Waals surface area (Å²) in [6, 6.07) is 4.22. The van der Waals surface area contributed by atoms with Gasteiger partial charge in [-0.1, -0.05) is 87.4 Å². The molecule has 0 radical (unpaired) electrons. The van der Waals surface area contributed by atoms with Crippen molar-refractivity contribution >= 4 is 11.9 Å². The minimum atomic E-state index is -0.567. The minimum absolute atomic E-state index is 0.0460. The van der Waals surface area contributed by atoms with Crippen LogP contribution in [0.5, 0.6) is 5.75 Å².